The summed E-state index contributed by atoms with van der Waals surface area (Å²) in [6.07, 6.45) is 1.06. The molecule has 6 nitrogen and oxygen atoms in total. The number of anilines is 1. The van der Waals surface area contributed by atoms with E-state index >= 15 is 0 Å². The van der Waals surface area contributed by atoms with Crippen LogP contribution in [0.15, 0.2) is 18.3 Å². The van der Waals surface area contributed by atoms with Gasteiger partial charge >= 0.3 is 0 Å². The minimum Gasteiger partial charge on any atom is -0.310 e. The maximum Gasteiger partial charge on any atom is 0.287 e. The summed E-state index contributed by atoms with van der Waals surface area (Å²) >= 11 is 5.24. The molecule has 0 bridgehead atoms. The van der Waals surface area contributed by atoms with Crippen LogP contribution in [-0.4, -0.2) is 21.7 Å². The van der Waals surface area contributed by atoms with Gasteiger partial charge in [-0.25, -0.2) is 4.98 Å². The van der Waals surface area contributed by atoms with E-state index < -0.39 is 10.8 Å². The molecule has 14 heavy (non-hydrogen) atoms. The van der Waals surface area contributed by atoms with Gasteiger partial charge in [0, 0.05) is 6.07 Å². The number of carbonyl (C=O) groups excluding carboxylic acids is 1. The molecule has 0 unspecified atom stereocenters. The number of aromatic nitrogens is 1. The van der Waals surface area contributed by atoms with Crippen LogP contribution in [0, 0.1) is 10.1 Å². The predicted octanol–water partition coefficient (Wildman–Crippen LogP) is 1.17. The molecule has 7 heteroatoms. The molecule has 1 amide bonds. The van der Waals surface area contributed by atoms with Crippen molar-refractivity contribution >= 4 is 29.0 Å². The minimum atomic E-state index is -0.569. The fourth-order valence-corrected chi connectivity index (χ4v) is 0.811. The summed E-state index contributed by atoms with van der Waals surface area (Å²) in [5.41, 5.74) is -0.131. The van der Waals surface area contributed by atoms with Crippen LogP contribution in [0.5, 0.6) is 0 Å². The van der Waals surface area contributed by atoms with Crippen molar-refractivity contribution in [3.8, 4) is 0 Å². The Hall–Kier alpha value is -1.69. The van der Waals surface area contributed by atoms with Gasteiger partial charge in [-0.15, -0.1) is 11.6 Å². The first-order valence-corrected chi connectivity index (χ1v) is 4.13. The van der Waals surface area contributed by atoms with Gasteiger partial charge in [0.2, 0.25) is 5.91 Å². The zero-order chi connectivity index (χ0) is 10.6. The monoisotopic (exact) mass is 215 g/mol. The summed E-state index contributed by atoms with van der Waals surface area (Å²) in [6.45, 7) is 0. The van der Waals surface area contributed by atoms with Gasteiger partial charge < -0.3 is 5.32 Å². The van der Waals surface area contributed by atoms with Gasteiger partial charge in [-0.3, -0.25) is 14.9 Å². The molecular formula is C7H6ClN3O3. The number of rotatable bonds is 3. The largest absolute Gasteiger partial charge is 0.310 e. The summed E-state index contributed by atoms with van der Waals surface area (Å²) in [6, 6.07) is 2.58. The topological polar surface area (TPSA) is 85.1 Å². The molecule has 0 aliphatic heterocycles. The number of halogens is 1. The Kier molecular flexibility index (Phi) is 3.35. The second kappa shape index (κ2) is 4.52. The third kappa shape index (κ3) is 2.67. The van der Waals surface area contributed by atoms with Crippen molar-refractivity contribution in [3.05, 3.63) is 28.4 Å². The quantitative estimate of drug-likeness (QED) is 0.466. The van der Waals surface area contributed by atoms with Crippen LogP contribution < -0.4 is 5.32 Å². The van der Waals surface area contributed by atoms with E-state index in [-0.39, 0.29) is 17.4 Å². The molecular weight excluding hydrogens is 210 g/mol. The van der Waals surface area contributed by atoms with Crippen molar-refractivity contribution in [3.63, 3.8) is 0 Å². The molecule has 0 aromatic carbocycles. The number of nitrogens with zero attached hydrogens (tertiary/aromatic N) is 2. The Labute approximate surface area is 84.0 Å². The molecule has 1 aromatic heterocycles. The molecule has 0 radical (unpaired) electrons. The van der Waals surface area contributed by atoms with E-state index in [2.05, 4.69) is 10.3 Å². The summed E-state index contributed by atoms with van der Waals surface area (Å²) in [5.74, 6) is -0.354. The van der Waals surface area contributed by atoms with E-state index in [4.69, 9.17) is 11.6 Å². The van der Waals surface area contributed by atoms with Crippen LogP contribution in [-0.2, 0) is 4.79 Å². The maximum absolute atomic E-state index is 10.8. The van der Waals surface area contributed by atoms with Crippen LogP contribution in [0.25, 0.3) is 0 Å². The summed E-state index contributed by atoms with van der Waals surface area (Å²) < 4.78 is 0. The molecule has 0 aliphatic carbocycles. The highest BCUT2D eigenvalue weighted by molar-refractivity contribution is 6.28. The fourth-order valence-electron chi connectivity index (χ4n) is 0.744. The van der Waals surface area contributed by atoms with E-state index in [9.17, 15) is 14.9 Å². The highest BCUT2D eigenvalue weighted by Crippen LogP contribution is 2.11. The van der Waals surface area contributed by atoms with Crippen LogP contribution in [0.3, 0.4) is 0 Å². The molecule has 1 aromatic rings. The summed E-state index contributed by atoms with van der Waals surface area (Å²) in [5, 5.41) is 12.6. The van der Waals surface area contributed by atoms with E-state index in [1.54, 1.807) is 0 Å². The molecule has 0 saturated heterocycles. The second-order valence-electron chi connectivity index (χ2n) is 2.34. The van der Waals surface area contributed by atoms with Crippen LogP contribution >= 0.6 is 11.6 Å². The molecule has 1 rings (SSSR count). The van der Waals surface area contributed by atoms with Gasteiger partial charge in [-0.1, -0.05) is 0 Å². The predicted molar refractivity (Wildman–Crippen MR) is 50.2 cm³/mol. The van der Waals surface area contributed by atoms with E-state index in [0.717, 1.165) is 6.20 Å². The Morgan fingerprint density at radius 3 is 2.79 bits per heavy atom. The molecule has 0 atom stereocenters. The molecule has 1 heterocycles. The number of nitrogens with one attached hydrogen (secondary N) is 1. The lowest BCUT2D eigenvalue weighted by atomic mass is 10.4. The molecule has 0 fully saturated rings. The van der Waals surface area contributed by atoms with Gasteiger partial charge in [0.25, 0.3) is 5.69 Å². The van der Waals surface area contributed by atoms with Crippen molar-refractivity contribution in [2.75, 3.05) is 11.2 Å². The first-order valence-electron chi connectivity index (χ1n) is 3.59. The maximum atomic E-state index is 10.8. The highest BCUT2D eigenvalue weighted by Gasteiger charge is 2.06. The zero-order valence-corrected chi connectivity index (χ0v) is 7.69. The van der Waals surface area contributed by atoms with Crippen molar-refractivity contribution in [1.82, 2.24) is 4.98 Å². The normalized spacial score (nSPS) is 9.50. The lowest BCUT2D eigenvalue weighted by Crippen LogP contribution is -2.13. The Bertz CT molecular complexity index is 352. The van der Waals surface area contributed by atoms with Crippen molar-refractivity contribution in [2.45, 2.75) is 0 Å². The average Bonchev–Trinajstić information content (AvgIpc) is 2.18. The minimum absolute atomic E-state index is 0.131. The van der Waals surface area contributed by atoms with Gasteiger partial charge in [0.1, 0.15) is 17.9 Å². The van der Waals surface area contributed by atoms with Gasteiger partial charge in [-0.05, 0) is 6.07 Å². The fraction of sp³-hybridized carbons (Fsp3) is 0.143. The van der Waals surface area contributed by atoms with E-state index in [0.29, 0.717) is 0 Å². The van der Waals surface area contributed by atoms with Crippen molar-refractivity contribution < 1.29 is 9.72 Å². The lowest BCUT2D eigenvalue weighted by Gasteiger charge is -1.99. The first-order chi connectivity index (χ1) is 6.63. The average molecular weight is 216 g/mol. The molecule has 0 saturated carbocycles. The third-order valence-corrected chi connectivity index (χ3v) is 1.59. The molecule has 0 spiro atoms. The molecule has 1 N–H and O–H groups in total. The third-order valence-electron chi connectivity index (χ3n) is 1.35. The first kappa shape index (κ1) is 10.4. The van der Waals surface area contributed by atoms with E-state index in [1.807, 2.05) is 0 Å². The number of amides is 1. The van der Waals surface area contributed by atoms with E-state index in [1.165, 1.54) is 12.1 Å². The SMILES string of the molecule is O=C(CCl)Nc1ccc([N+](=O)[O-])cn1. The van der Waals surface area contributed by atoms with Gasteiger partial charge in [-0.2, -0.15) is 0 Å². The van der Waals surface area contributed by atoms with Crippen molar-refractivity contribution in [2.24, 2.45) is 0 Å². The van der Waals surface area contributed by atoms with Crippen LogP contribution in [0.4, 0.5) is 11.5 Å². The smallest absolute Gasteiger partial charge is 0.287 e. The van der Waals surface area contributed by atoms with Crippen LogP contribution in [0.2, 0.25) is 0 Å². The number of hydrogen-bond acceptors (Lipinski definition) is 4. The highest BCUT2D eigenvalue weighted by atomic mass is 35.5. The number of pyridine rings is 1. The van der Waals surface area contributed by atoms with Crippen molar-refractivity contribution in [1.29, 1.82) is 0 Å². The Balaban J connectivity index is 2.73. The Morgan fingerprint density at radius 1 is 1.64 bits per heavy atom. The lowest BCUT2D eigenvalue weighted by molar-refractivity contribution is -0.385. The second-order valence-corrected chi connectivity index (χ2v) is 2.61. The number of nitro groups is 1. The van der Waals surface area contributed by atoms with Gasteiger partial charge in [0.15, 0.2) is 0 Å². The number of alkyl halides is 1. The summed E-state index contributed by atoms with van der Waals surface area (Å²) in [4.78, 5) is 24.1. The number of carbonyl (C=O) groups is 1. The van der Waals surface area contributed by atoms with Crippen LogP contribution in [0.1, 0.15) is 0 Å². The number of hydrogen-bond donors (Lipinski definition) is 1. The van der Waals surface area contributed by atoms with Gasteiger partial charge in [0.05, 0.1) is 4.92 Å². The molecule has 74 valence electrons. The Morgan fingerprint density at radius 2 is 2.36 bits per heavy atom. The zero-order valence-electron chi connectivity index (χ0n) is 6.94. The summed E-state index contributed by atoms with van der Waals surface area (Å²) in [7, 11) is 0. The molecule has 0 aliphatic rings. The standard InChI is InChI=1S/C7H6ClN3O3/c8-3-7(12)10-6-2-1-5(4-9-6)11(13)14/h1-2,4H,3H2,(H,9,10,12).